The third kappa shape index (κ3) is 5.08. The summed E-state index contributed by atoms with van der Waals surface area (Å²) in [6, 6.07) is 8.73. The van der Waals surface area contributed by atoms with Crippen LogP contribution in [0.3, 0.4) is 0 Å². The van der Waals surface area contributed by atoms with Gasteiger partial charge in [0.15, 0.2) is 0 Å². The van der Waals surface area contributed by atoms with Crippen molar-refractivity contribution in [3.8, 4) is 5.75 Å². The van der Waals surface area contributed by atoms with Gasteiger partial charge in [-0.15, -0.1) is 0 Å². The smallest absolute Gasteiger partial charge is 0.120 e. The van der Waals surface area contributed by atoms with Gasteiger partial charge in [-0.1, -0.05) is 28.9 Å². The Kier molecular flexibility index (Phi) is 6.83. The maximum atomic E-state index is 5.86. The molecule has 1 saturated heterocycles. The zero-order valence-corrected chi connectivity index (χ0v) is 13.9. The van der Waals surface area contributed by atoms with Crippen molar-refractivity contribution >= 4 is 15.9 Å². The Labute approximate surface area is 130 Å². The summed E-state index contributed by atoms with van der Waals surface area (Å²) < 4.78 is 6.93. The number of piperidine rings is 1. The van der Waals surface area contributed by atoms with E-state index in [9.17, 15) is 0 Å². The van der Waals surface area contributed by atoms with Gasteiger partial charge in [0.05, 0.1) is 0 Å². The number of ether oxygens (including phenoxy) is 1. The molecule has 0 aromatic heterocycles. The first kappa shape index (κ1) is 15.8. The number of nitrogens with one attached hydrogen (secondary N) is 1. The predicted molar refractivity (Wildman–Crippen MR) is 87.4 cm³/mol. The Balaban J connectivity index is 1.79. The molecular weight excluding hydrogens is 316 g/mol. The molecule has 1 aromatic carbocycles. The van der Waals surface area contributed by atoms with Gasteiger partial charge in [-0.2, -0.15) is 0 Å². The largest absolute Gasteiger partial charge is 0.492 e. The van der Waals surface area contributed by atoms with Crippen LogP contribution in [0.2, 0.25) is 0 Å². The van der Waals surface area contributed by atoms with Gasteiger partial charge in [-0.25, -0.2) is 0 Å². The summed E-state index contributed by atoms with van der Waals surface area (Å²) in [5.74, 6) is 0.942. The SMILES string of the molecule is CCCN(CCOc1cccc(Br)c1)C1CCCNC1. The monoisotopic (exact) mass is 340 g/mol. The summed E-state index contributed by atoms with van der Waals surface area (Å²) >= 11 is 3.47. The van der Waals surface area contributed by atoms with E-state index in [1.54, 1.807) is 0 Å². The second kappa shape index (κ2) is 8.65. The number of hydrogen-bond donors (Lipinski definition) is 1. The van der Waals surface area contributed by atoms with Crippen molar-refractivity contribution in [2.45, 2.75) is 32.2 Å². The highest BCUT2D eigenvalue weighted by atomic mass is 79.9. The van der Waals surface area contributed by atoms with Gasteiger partial charge in [-0.05, 0) is 50.6 Å². The Hall–Kier alpha value is -0.580. The van der Waals surface area contributed by atoms with E-state index in [-0.39, 0.29) is 0 Å². The molecule has 20 heavy (non-hydrogen) atoms. The summed E-state index contributed by atoms with van der Waals surface area (Å²) in [6.07, 6.45) is 3.80. The van der Waals surface area contributed by atoms with E-state index in [0.29, 0.717) is 6.04 Å². The highest BCUT2D eigenvalue weighted by molar-refractivity contribution is 9.10. The van der Waals surface area contributed by atoms with E-state index in [1.807, 2.05) is 24.3 Å². The Morgan fingerprint density at radius 1 is 1.40 bits per heavy atom. The van der Waals surface area contributed by atoms with Crippen molar-refractivity contribution in [1.82, 2.24) is 10.2 Å². The van der Waals surface area contributed by atoms with Crippen LogP contribution in [0.1, 0.15) is 26.2 Å². The normalized spacial score (nSPS) is 19.2. The zero-order chi connectivity index (χ0) is 14.2. The van der Waals surface area contributed by atoms with E-state index < -0.39 is 0 Å². The Morgan fingerprint density at radius 2 is 2.30 bits per heavy atom. The molecular formula is C16H25BrN2O. The molecule has 0 aliphatic carbocycles. The minimum atomic E-state index is 0.676. The quantitative estimate of drug-likeness (QED) is 0.824. The van der Waals surface area contributed by atoms with Crippen LogP contribution >= 0.6 is 15.9 Å². The lowest BCUT2D eigenvalue weighted by Crippen LogP contribution is -2.47. The first-order chi connectivity index (χ1) is 9.79. The van der Waals surface area contributed by atoms with Gasteiger partial charge in [0, 0.05) is 23.6 Å². The van der Waals surface area contributed by atoms with Crippen LogP contribution in [0, 0.1) is 0 Å². The molecule has 1 aliphatic heterocycles. The summed E-state index contributed by atoms with van der Waals surface area (Å²) in [5, 5.41) is 3.50. The standard InChI is InChI=1S/C16H25BrN2O/c1-2-9-19(15-6-4-8-18-13-15)10-11-20-16-7-3-5-14(17)12-16/h3,5,7,12,15,18H,2,4,6,8-11,13H2,1H3. The van der Waals surface area contributed by atoms with Crippen molar-refractivity contribution in [3.63, 3.8) is 0 Å². The van der Waals surface area contributed by atoms with Crippen LogP contribution in [0.15, 0.2) is 28.7 Å². The number of hydrogen-bond acceptors (Lipinski definition) is 3. The molecule has 112 valence electrons. The van der Waals surface area contributed by atoms with Crippen LogP contribution in [-0.2, 0) is 0 Å². The minimum absolute atomic E-state index is 0.676. The highest BCUT2D eigenvalue weighted by Gasteiger charge is 2.19. The lowest BCUT2D eigenvalue weighted by atomic mass is 10.1. The average molecular weight is 341 g/mol. The highest BCUT2D eigenvalue weighted by Crippen LogP contribution is 2.18. The predicted octanol–water partition coefficient (Wildman–Crippen LogP) is 3.29. The Morgan fingerprint density at radius 3 is 3.00 bits per heavy atom. The van der Waals surface area contributed by atoms with Gasteiger partial charge in [0.2, 0.25) is 0 Å². The van der Waals surface area contributed by atoms with Crippen molar-refractivity contribution in [1.29, 1.82) is 0 Å². The second-order valence-corrected chi connectivity index (χ2v) is 6.26. The van der Waals surface area contributed by atoms with E-state index in [2.05, 4.69) is 33.1 Å². The Bertz CT molecular complexity index is 394. The van der Waals surface area contributed by atoms with Crippen LogP contribution in [-0.4, -0.2) is 43.7 Å². The molecule has 4 heteroatoms. The van der Waals surface area contributed by atoms with E-state index >= 15 is 0 Å². The van der Waals surface area contributed by atoms with Crippen LogP contribution in [0.25, 0.3) is 0 Å². The molecule has 1 N–H and O–H groups in total. The molecule has 1 atom stereocenters. The van der Waals surface area contributed by atoms with E-state index in [4.69, 9.17) is 4.74 Å². The van der Waals surface area contributed by atoms with Crippen LogP contribution in [0.4, 0.5) is 0 Å². The molecule has 0 radical (unpaired) electrons. The molecule has 0 saturated carbocycles. The van der Waals surface area contributed by atoms with E-state index in [0.717, 1.165) is 36.5 Å². The number of rotatable bonds is 7. The molecule has 3 nitrogen and oxygen atoms in total. The molecule has 1 fully saturated rings. The maximum absolute atomic E-state index is 5.86. The average Bonchev–Trinajstić information content (AvgIpc) is 2.47. The summed E-state index contributed by atoms with van der Waals surface area (Å²) in [7, 11) is 0. The fourth-order valence-corrected chi connectivity index (χ4v) is 3.13. The van der Waals surface area contributed by atoms with Crippen molar-refractivity contribution in [3.05, 3.63) is 28.7 Å². The fourth-order valence-electron chi connectivity index (χ4n) is 2.75. The number of benzene rings is 1. The van der Waals surface area contributed by atoms with Crippen molar-refractivity contribution < 1.29 is 4.74 Å². The van der Waals surface area contributed by atoms with Crippen LogP contribution in [0.5, 0.6) is 5.75 Å². The molecule has 1 aromatic rings. The molecule has 1 unspecified atom stereocenters. The van der Waals surface area contributed by atoms with Gasteiger partial charge in [-0.3, -0.25) is 4.90 Å². The summed E-state index contributed by atoms with van der Waals surface area (Å²) in [4.78, 5) is 2.57. The van der Waals surface area contributed by atoms with Crippen LogP contribution < -0.4 is 10.1 Å². The van der Waals surface area contributed by atoms with Gasteiger partial charge < -0.3 is 10.1 Å². The first-order valence-corrected chi connectivity index (χ1v) is 8.42. The third-order valence-corrected chi connectivity index (χ3v) is 4.23. The van der Waals surface area contributed by atoms with E-state index in [1.165, 1.54) is 25.8 Å². The summed E-state index contributed by atoms with van der Waals surface area (Å²) in [5.41, 5.74) is 0. The molecule has 0 bridgehead atoms. The lowest BCUT2D eigenvalue weighted by Gasteiger charge is -2.34. The third-order valence-electron chi connectivity index (χ3n) is 3.74. The molecule has 2 rings (SSSR count). The lowest BCUT2D eigenvalue weighted by molar-refractivity contribution is 0.138. The molecule has 0 spiro atoms. The molecule has 0 amide bonds. The van der Waals surface area contributed by atoms with Gasteiger partial charge in [0.1, 0.15) is 12.4 Å². The van der Waals surface area contributed by atoms with Crippen molar-refractivity contribution in [2.75, 3.05) is 32.8 Å². The molecule has 1 heterocycles. The summed E-state index contributed by atoms with van der Waals surface area (Å²) in [6.45, 7) is 7.47. The first-order valence-electron chi connectivity index (χ1n) is 7.62. The van der Waals surface area contributed by atoms with Gasteiger partial charge >= 0.3 is 0 Å². The van der Waals surface area contributed by atoms with Gasteiger partial charge in [0.25, 0.3) is 0 Å². The minimum Gasteiger partial charge on any atom is -0.492 e. The number of nitrogens with zero attached hydrogens (tertiary/aromatic N) is 1. The maximum Gasteiger partial charge on any atom is 0.120 e. The van der Waals surface area contributed by atoms with Crippen molar-refractivity contribution in [2.24, 2.45) is 0 Å². The topological polar surface area (TPSA) is 24.5 Å². The zero-order valence-electron chi connectivity index (χ0n) is 12.3. The second-order valence-electron chi connectivity index (χ2n) is 5.34. The fraction of sp³-hybridized carbons (Fsp3) is 0.625. The number of halogens is 1. The molecule has 1 aliphatic rings.